The SMILES string of the molecule is N#Cc1ccnc(N2CC[C@@H]3CCN(C(=O)c4ccccc4C4CCC4)C[C@@H]32)c1. The second-order valence-electron chi connectivity index (χ2n) is 8.58. The lowest BCUT2D eigenvalue weighted by Crippen LogP contribution is -2.50. The van der Waals surface area contributed by atoms with Gasteiger partial charge in [0.1, 0.15) is 5.82 Å². The number of aromatic nitrogens is 1. The van der Waals surface area contributed by atoms with Crippen LogP contribution in [0.5, 0.6) is 0 Å². The first-order valence-electron chi connectivity index (χ1n) is 10.8. The number of carbonyl (C=O) groups is 1. The zero-order valence-electron chi connectivity index (χ0n) is 16.6. The molecule has 0 bridgehead atoms. The molecule has 2 aromatic rings. The topological polar surface area (TPSA) is 60.2 Å². The van der Waals surface area contributed by atoms with Crippen molar-refractivity contribution in [2.75, 3.05) is 24.5 Å². The van der Waals surface area contributed by atoms with Crippen LogP contribution >= 0.6 is 0 Å². The van der Waals surface area contributed by atoms with Crippen LogP contribution in [0.1, 0.15) is 59.5 Å². The maximum absolute atomic E-state index is 13.4. The number of hydrogen-bond donors (Lipinski definition) is 0. The Morgan fingerprint density at radius 1 is 1.10 bits per heavy atom. The highest BCUT2D eigenvalue weighted by Gasteiger charge is 2.40. The number of hydrogen-bond acceptors (Lipinski definition) is 4. The van der Waals surface area contributed by atoms with E-state index < -0.39 is 0 Å². The molecule has 3 fully saturated rings. The lowest BCUT2D eigenvalue weighted by Gasteiger charge is -2.39. The Morgan fingerprint density at radius 3 is 2.72 bits per heavy atom. The van der Waals surface area contributed by atoms with Crippen molar-refractivity contribution in [3.8, 4) is 6.07 Å². The van der Waals surface area contributed by atoms with Crippen molar-refractivity contribution in [1.29, 1.82) is 5.26 Å². The van der Waals surface area contributed by atoms with E-state index in [-0.39, 0.29) is 11.9 Å². The smallest absolute Gasteiger partial charge is 0.254 e. The van der Waals surface area contributed by atoms with Gasteiger partial charge in [0.05, 0.1) is 17.7 Å². The maximum Gasteiger partial charge on any atom is 0.254 e. The van der Waals surface area contributed by atoms with E-state index >= 15 is 0 Å². The predicted molar refractivity (Wildman–Crippen MR) is 112 cm³/mol. The summed E-state index contributed by atoms with van der Waals surface area (Å²) in [6.45, 7) is 2.51. The largest absolute Gasteiger partial charge is 0.352 e. The van der Waals surface area contributed by atoms with E-state index in [4.69, 9.17) is 0 Å². The van der Waals surface area contributed by atoms with Gasteiger partial charge in [-0.3, -0.25) is 4.79 Å². The Labute approximate surface area is 172 Å². The summed E-state index contributed by atoms with van der Waals surface area (Å²) >= 11 is 0. The van der Waals surface area contributed by atoms with Crippen LogP contribution in [0.4, 0.5) is 5.82 Å². The molecule has 0 spiro atoms. The fourth-order valence-electron chi connectivity index (χ4n) is 5.19. The number of amides is 1. The molecule has 3 aliphatic rings. The van der Waals surface area contributed by atoms with Crippen LogP contribution in [0.2, 0.25) is 0 Å². The van der Waals surface area contributed by atoms with Crippen LogP contribution in [-0.4, -0.2) is 41.5 Å². The van der Waals surface area contributed by atoms with Crippen molar-refractivity contribution in [1.82, 2.24) is 9.88 Å². The number of rotatable bonds is 3. The summed E-state index contributed by atoms with van der Waals surface area (Å²) in [6.07, 6.45) is 7.54. The highest BCUT2D eigenvalue weighted by atomic mass is 16.2. The van der Waals surface area contributed by atoms with Gasteiger partial charge in [0.2, 0.25) is 0 Å². The molecule has 2 aliphatic heterocycles. The lowest BCUT2D eigenvalue weighted by molar-refractivity contribution is 0.0676. The first-order valence-corrected chi connectivity index (χ1v) is 10.8. The van der Waals surface area contributed by atoms with Gasteiger partial charge in [0.25, 0.3) is 5.91 Å². The van der Waals surface area contributed by atoms with E-state index in [2.05, 4.69) is 28.1 Å². The zero-order chi connectivity index (χ0) is 19.8. The summed E-state index contributed by atoms with van der Waals surface area (Å²) in [5.74, 6) is 2.18. The molecule has 0 radical (unpaired) electrons. The van der Waals surface area contributed by atoms with E-state index in [1.54, 1.807) is 12.3 Å². The van der Waals surface area contributed by atoms with Crippen LogP contribution in [0, 0.1) is 17.2 Å². The molecule has 29 heavy (non-hydrogen) atoms. The number of pyridine rings is 1. The van der Waals surface area contributed by atoms with Crippen molar-refractivity contribution >= 4 is 11.7 Å². The van der Waals surface area contributed by atoms with Crippen molar-refractivity contribution in [2.24, 2.45) is 5.92 Å². The summed E-state index contributed by atoms with van der Waals surface area (Å²) in [7, 11) is 0. The normalized spacial score (nSPS) is 24.0. The molecule has 0 unspecified atom stereocenters. The molecule has 1 aliphatic carbocycles. The predicted octanol–water partition coefficient (Wildman–Crippen LogP) is 3.96. The van der Waals surface area contributed by atoms with E-state index in [9.17, 15) is 10.1 Å². The molecule has 1 aromatic carbocycles. The van der Waals surface area contributed by atoms with E-state index in [0.29, 0.717) is 17.4 Å². The highest BCUT2D eigenvalue weighted by Crippen LogP contribution is 2.39. The van der Waals surface area contributed by atoms with E-state index in [1.165, 1.54) is 24.8 Å². The Hall–Kier alpha value is -2.87. The average Bonchev–Trinajstić information content (AvgIpc) is 3.16. The summed E-state index contributed by atoms with van der Waals surface area (Å²) < 4.78 is 0. The summed E-state index contributed by atoms with van der Waals surface area (Å²) in [4.78, 5) is 22.3. The molecule has 1 aromatic heterocycles. The second-order valence-corrected chi connectivity index (χ2v) is 8.58. The van der Waals surface area contributed by atoms with E-state index in [1.807, 2.05) is 23.1 Å². The van der Waals surface area contributed by atoms with Crippen molar-refractivity contribution in [3.63, 3.8) is 0 Å². The molecule has 148 valence electrons. The lowest BCUT2D eigenvalue weighted by atomic mass is 9.78. The van der Waals surface area contributed by atoms with Crippen LogP contribution in [0.15, 0.2) is 42.6 Å². The Balaban J connectivity index is 1.37. The minimum Gasteiger partial charge on any atom is -0.352 e. The summed E-state index contributed by atoms with van der Waals surface area (Å²) in [6, 6.07) is 14.3. The van der Waals surface area contributed by atoms with Gasteiger partial charge in [0, 0.05) is 31.4 Å². The quantitative estimate of drug-likeness (QED) is 0.801. The number of nitrogens with zero attached hydrogens (tertiary/aromatic N) is 4. The van der Waals surface area contributed by atoms with Crippen molar-refractivity contribution in [2.45, 2.75) is 44.1 Å². The number of fused-ring (bicyclic) bond motifs is 1. The molecule has 2 saturated heterocycles. The van der Waals surface area contributed by atoms with Gasteiger partial charge < -0.3 is 9.80 Å². The van der Waals surface area contributed by atoms with Crippen LogP contribution in [-0.2, 0) is 0 Å². The van der Waals surface area contributed by atoms with Gasteiger partial charge >= 0.3 is 0 Å². The molecule has 5 nitrogen and oxygen atoms in total. The molecule has 1 saturated carbocycles. The monoisotopic (exact) mass is 386 g/mol. The number of carbonyl (C=O) groups excluding carboxylic acids is 1. The molecule has 3 heterocycles. The van der Waals surface area contributed by atoms with Gasteiger partial charge in [-0.15, -0.1) is 0 Å². The number of anilines is 1. The van der Waals surface area contributed by atoms with Crippen LogP contribution in [0.25, 0.3) is 0 Å². The van der Waals surface area contributed by atoms with Gasteiger partial charge in [-0.25, -0.2) is 4.98 Å². The maximum atomic E-state index is 13.4. The molecule has 0 N–H and O–H groups in total. The summed E-state index contributed by atoms with van der Waals surface area (Å²) in [5.41, 5.74) is 2.76. The number of likely N-dealkylation sites (tertiary alicyclic amines) is 1. The standard InChI is InChI=1S/C24H26N4O/c25-15-17-8-11-26-23(14-17)28-13-10-19-9-12-27(16-22(19)28)24(29)21-7-2-1-6-20(21)18-4-3-5-18/h1-2,6-8,11,14,18-19,22H,3-5,9-10,12-13,16H2/t19-,22-/m0/s1. The molecular weight excluding hydrogens is 360 g/mol. The average molecular weight is 386 g/mol. The first-order chi connectivity index (χ1) is 14.2. The Bertz CT molecular complexity index is 961. The van der Waals surface area contributed by atoms with Crippen molar-refractivity contribution < 1.29 is 4.79 Å². The number of benzene rings is 1. The van der Waals surface area contributed by atoms with Gasteiger partial charge in [0.15, 0.2) is 0 Å². The molecule has 5 rings (SSSR count). The van der Waals surface area contributed by atoms with Crippen molar-refractivity contribution in [3.05, 3.63) is 59.3 Å². The second kappa shape index (κ2) is 7.51. The number of nitriles is 1. The van der Waals surface area contributed by atoms with Gasteiger partial charge in [-0.2, -0.15) is 5.26 Å². The highest BCUT2D eigenvalue weighted by molar-refractivity contribution is 5.96. The van der Waals surface area contributed by atoms with Gasteiger partial charge in [-0.1, -0.05) is 24.6 Å². The zero-order valence-corrected chi connectivity index (χ0v) is 16.6. The van der Waals surface area contributed by atoms with Crippen LogP contribution < -0.4 is 4.90 Å². The van der Waals surface area contributed by atoms with Gasteiger partial charge in [-0.05, 0) is 61.3 Å². The Kier molecular flexibility index (Phi) is 4.71. The third kappa shape index (κ3) is 3.27. The third-order valence-corrected chi connectivity index (χ3v) is 7.05. The molecular formula is C24H26N4O. The Morgan fingerprint density at radius 2 is 1.93 bits per heavy atom. The molecule has 5 heteroatoms. The minimum atomic E-state index is 0.177. The summed E-state index contributed by atoms with van der Waals surface area (Å²) in [5, 5.41) is 9.22. The molecule has 2 atom stereocenters. The van der Waals surface area contributed by atoms with Crippen LogP contribution in [0.3, 0.4) is 0 Å². The fourth-order valence-corrected chi connectivity index (χ4v) is 5.19. The van der Waals surface area contributed by atoms with E-state index in [0.717, 1.165) is 43.9 Å². The minimum absolute atomic E-state index is 0.177. The fraction of sp³-hybridized carbons (Fsp3) is 0.458. The third-order valence-electron chi connectivity index (χ3n) is 7.05. The number of piperidine rings is 1. The first kappa shape index (κ1) is 18.2. The molecule has 1 amide bonds.